The van der Waals surface area contributed by atoms with Crippen LogP contribution in [0.25, 0.3) is 5.76 Å². The Kier molecular flexibility index (Phi) is 8.97. The van der Waals surface area contributed by atoms with E-state index in [0.29, 0.717) is 29.2 Å². The molecule has 0 aliphatic carbocycles. The summed E-state index contributed by atoms with van der Waals surface area (Å²) in [6.45, 7) is 9.80. The predicted molar refractivity (Wildman–Crippen MR) is 154 cm³/mol. The molecule has 11 heteroatoms. The van der Waals surface area contributed by atoms with E-state index in [1.165, 1.54) is 18.2 Å². The molecule has 0 saturated carbocycles. The Morgan fingerprint density at radius 2 is 1.78 bits per heavy atom. The van der Waals surface area contributed by atoms with Gasteiger partial charge in [-0.15, -0.1) is 0 Å². The van der Waals surface area contributed by atoms with Crippen molar-refractivity contribution in [2.24, 2.45) is 0 Å². The first-order valence-electron chi connectivity index (χ1n) is 13.3. The first-order valence-corrected chi connectivity index (χ1v) is 14.1. The van der Waals surface area contributed by atoms with Crippen molar-refractivity contribution >= 4 is 39.9 Å². The highest BCUT2D eigenvalue weighted by molar-refractivity contribution is 7.17. The number of phenolic OH excluding ortho intramolecular Hbond substituents is 1. The summed E-state index contributed by atoms with van der Waals surface area (Å²) >= 11 is 0.914. The lowest BCUT2D eigenvalue weighted by atomic mass is 9.94. The van der Waals surface area contributed by atoms with Crippen LogP contribution in [0.4, 0.5) is 5.13 Å². The monoisotopic (exact) mass is 580 g/mol. The Labute approximate surface area is 241 Å². The molecule has 1 aliphatic heterocycles. The average Bonchev–Trinajstić information content (AvgIpc) is 3.45. The first kappa shape index (κ1) is 29.6. The van der Waals surface area contributed by atoms with Crippen LogP contribution in [0, 0.1) is 13.8 Å². The molecule has 1 unspecified atom stereocenters. The van der Waals surface area contributed by atoms with E-state index in [9.17, 15) is 24.6 Å². The fourth-order valence-corrected chi connectivity index (χ4v) is 5.50. The molecular weight excluding hydrogens is 548 g/mol. The van der Waals surface area contributed by atoms with E-state index >= 15 is 0 Å². The molecule has 3 aromatic rings. The Balaban J connectivity index is 1.91. The quantitative estimate of drug-likeness (QED) is 0.139. The van der Waals surface area contributed by atoms with Crippen LogP contribution in [0.1, 0.15) is 65.3 Å². The zero-order chi connectivity index (χ0) is 29.8. The number of hydrogen-bond donors (Lipinski definition) is 2. The number of aromatic hydroxyl groups is 1. The second-order valence-electron chi connectivity index (χ2n) is 9.29. The Morgan fingerprint density at radius 3 is 2.44 bits per heavy atom. The molecule has 2 aromatic carbocycles. The maximum absolute atomic E-state index is 13.6. The molecule has 1 aromatic heterocycles. The number of esters is 1. The molecule has 10 nitrogen and oxygen atoms in total. The first-order chi connectivity index (χ1) is 19.6. The molecule has 1 saturated heterocycles. The van der Waals surface area contributed by atoms with Gasteiger partial charge in [-0.25, -0.2) is 9.78 Å². The molecule has 2 heterocycles. The number of carbonyl (C=O) groups is 3. The summed E-state index contributed by atoms with van der Waals surface area (Å²) in [4.78, 5) is 45.4. The fraction of sp³-hybridized carbons (Fsp3) is 0.333. The van der Waals surface area contributed by atoms with Gasteiger partial charge in [0.25, 0.3) is 5.78 Å². The summed E-state index contributed by atoms with van der Waals surface area (Å²) in [5, 5.41) is 21.9. The molecule has 1 aliphatic rings. The second kappa shape index (κ2) is 12.4. The van der Waals surface area contributed by atoms with Crippen LogP contribution in [0.5, 0.6) is 17.2 Å². The van der Waals surface area contributed by atoms with Crippen molar-refractivity contribution in [2.45, 2.75) is 47.1 Å². The topological polar surface area (TPSA) is 135 Å². The third kappa shape index (κ3) is 5.76. The Bertz CT molecular complexity index is 1530. The van der Waals surface area contributed by atoms with E-state index in [2.05, 4.69) is 4.98 Å². The minimum Gasteiger partial charge on any atom is -0.507 e. The van der Waals surface area contributed by atoms with Crippen LogP contribution in [-0.4, -0.2) is 52.7 Å². The number of phenols is 1. The lowest BCUT2D eigenvalue weighted by Gasteiger charge is -2.23. The highest BCUT2D eigenvalue weighted by Crippen LogP contribution is 2.45. The number of aliphatic hydroxyl groups is 1. The molecule has 1 fully saturated rings. The summed E-state index contributed by atoms with van der Waals surface area (Å²) in [6.07, 6.45) is 0.828. The Hall–Kier alpha value is -4.38. The van der Waals surface area contributed by atoms with Crippen LogP contribution in [-0.2, 0) is 14.3 Å². The van der Waals surface area contributed by atoms with E-state index in [1.54, 1.807) is 39.0 Å². The van der Waals surface area contributed by atoms with Gasteiger partial charge in [-0.1, -0.05) is 24.3 Å². The van der Waals surface area contributed by atoms with Gasteiger partial charge in [0, 0.05) is 5.56 Å². The number of amides is 1. The van der Waals surface area contributed by atoms with Crippen LogP contribution >= 0.6 is 11.3 Å². The van der Waals surface area contributed by atoms with Gasteiger partial charge in [0.2, 0.25) is 0 Å². The number of aliphatic hydroxyl groups excluding tert-OH is 1. The normalized spacial score (nSPS) is 16.2. The minimum absolute atomic E-state index is 0.0854. The SMILES string of the molecule is CCCOc1ccc(/C(O)=C2\C(=O)C(=O)N(c3nc(C)c(C(=O)OCC)s3)C2c2ccc(O)c(OCC)c2)cc1C. The second-order valence-corrected chi connectivity index (χ2v) is 10.3. The van der Waals surface area contributed by atoms with Gasteiger partial charge in [-0.2, -0.15) is 0 Å². The van der Waals surface area contributed by atoms with Crippen molar-refractivity contribution in [2.75, 3.05) is 24.7 Å². The third-order valence-electron chi connectivity index (χ3n) is 6.41. The van der Waals surface area contributed by atoms with Gasteiger partial charge in [-0.3, -0.25) is 14.5 Å². The average molecular weight is 581 g/mol. The van der Waals surface area contributed by atoms with Gasteiger partial charge < -0.3 is 24.4 Å². The number of Topliss-reactive ketones (excluding diaryl/α,β-unsaturated/α-hetero) is 1. The minimum atomic E-state index is -1.13. The lowest BCUT2D eigenvalue weighted by molar-refractivity contribution is -0.132. The maximum Gasteiger partial charge on any atom is 0.350 e. The molecule has 216 valence electrons. The van der Waals surface area contributed by atoms with E-state index in [-0.39, 0.29) is 46.1 Å². The predicted octanol–water partition coefficient (Wildman–Crippen LogP) is 5.46. The van der Waals surface area contributed by atoms with E-state index in [4.69, 9.17) is 14.2 Å². The molecule has 0 radical (unpaired) electrons. The number of ketones is 1. The smallest absolute Gasteiger partial charge is 0.350 e. The number of anilines is 1. The molecule has 41 heavy (non-hydrogen) atoms. The van der Waals surface area contributed by atoms with Gasteiger partial charge in [0.05, 0.1) is 37.1 Å². The van der Waals surface area contributed by atoms with Gasteiger partial charge >= 0.3 is 11.9 Å². The summed E-state index contributed by atoms with van der Waals surface area (Å²) < 4.78 is 16.4. The zero-order valence-electron chi connectivity index (χ0n) is 23.5. The van der Waals surface area contributed by atoms with Crippen molar-refractivity contribution in [3.05, 3.63) is 69.2 Å². The van der Waals surface area contributed by atoms with Gasteiger partial charge in [0.1, 0.15) is 16.4 Å². The van der Waals surface area contributed by atoms with Crippen molar-refractivity contribution in [3.63, 3.8) is 0 Å². The number of nitrogens with zero attached hydrogens (tertiary/aromatic N) is 2. The van der Waals surface area contributed by atoms with Crippen molar-refractivity contribution < 1.29 is 38.8 Å². The van der Waals surface area contributed by atoms with Crippen molar-refractivity contribution in [3.8, 4) is 17.2 Å². The van der Waals surface area contributed by atoms with Gasteiger partial charge in [0.15, 0.2) is 16.6 Å². The van der Waals surface area contributed by atoms with Crippen LogP contribution in [0.2, 0.25) is 0 Å². The molecule has 0 spiro atoms. The van der Waals surface area contributed by atoms with Gasteiger partial charge in [-0.05, 0) is 75.6 Å². The highest BCUT2D eigenvalue weighted by atomic mass is 32.1. The fourth-order valence-electron chi connectivity index (χ4n) is 4.51. The third-order valence-corrected chi connectivity index (χ3v) is 7.54. The summed E-state index contributed by atoms with van der Waals surface area (Å²) in [5.41, 5.74) is 1.61. The number of aryl methyl sites for hydroxylation is 2. The summed E-state index contributed by atoms with van der Waals surface area (Å²) in [6, 6.07) is 8.30. The number of thiazole rings is 1. The van der Waals surface area contributed by atoms with E-state index in [0.717, 1.165) is 28.2 Å². The number of benzene rings is 2. The number of aromatic nitrogens is 1. The van der Waals surface area contributed by atoms with Crippen LogP contribution < -0.4 is 14.4 Å². The largest absolute Gasteiger partial charge is 0.507 e. The highest BCUT2D eigenvalue weighted by Gasteiger charge is 2.48. The standard InChI is InChI=1S/C30H32N2O8S/c1-6-13-40-21-12-10-19(14-16(21)4)25(34)23-24(18-9-11-20(33)22(15-18)38-7-2)32(28(36)26(23)35)30-31-17(5)27(41-30)29(37)39-8-3/h9-12,14-15,24,33-34H,6-8,13H2,1-5H3/b25-23+. The Morgan fingerprint density at radius 1 is 1.02 bits per heavy atom. The maximum atomic E-state index is 13.6. The molecule has 1 atom stereocenters. The molecule has 2 N–H and O–H groups in total. The van der Waals surface area contributed by atoms with Crippen molar-refractivity contribution in [1.82, 2.24) is 4.98 Å². The van der Waals surface area contributed by atoms with Crippen molar-refractivity contribution in [1.29, 1.82) is 0 Å². The van der Waals surface area contributed by atoms with Crippen LogP contribution in [0.3, 0.4) is 0 Å². The van der Waals surface area contributed by atoms with Crippen LogP contribution in [0.15, 0.2) is 42.0 Å². The number of rotatable bonds is 10. The summed E-state index contributed by atoms with van der Waals surface area (Å²) in [5.74, 6) is -2.16. The number of ether oxygens (including phenoxy) is 3. The van der Waals surface area contributed by atoms with E-state index < -0.39 is 23.7 Å². The molecule has 4 rings (SSSR count). The lowest BCUT2D eigenvalue weighted by Crippen LogP contribution is -2.29. The van der Waals surface area contributed by atoms with E-state index in [1.807, 2.05) is 13.8 Å². The molecule has 0 bridgehead atoms. The molecule has 1 amide bonds. The number of carbonyl (C=O) groups excluding carboxylic acids is 3. The number of hydrogen-bond acceptors (Lipinski definition) is 10. The summed E-state index contributed by atoms with van der Waals surface area (Å²) in [7, 11) is 0. The molecular formula is C30H32N2O8S. The zero-order valence-corrected chi connectivity index (χ0v) is 24.3.